The molecule has 1 N–H and O–H groups in total. The van der Waals surface area contributed by atoms with Gasteiger partial charge >= 0.3 is 0 Å². The maximum absolute atomic E-state index is 12.5. The number of rotatable bonds is 7. The molecule has 1 aromatic rings. The van der Waals surface area contributed by atoms with Gasteiger partial charge in [-0.3, -0.25) is 4.79 Å². The maximum atomic E-state index is 12.5. The van der Waals surface area contributed by atoms with Crippen molar-refractivity contribution in [2.24, 2.45) is 0 Å². The molecule has 0 fully saturated rings. The maximum Gasteiger partial charge on any atom is 0.245 e. The molecule has 1 amide bonds. The summed E-state index contributed by atoms with van der Waals surface area (Å²) in [5, 5.41) is 3.25. The minimum absolute atomic E-state index is 0.119. The molecule has 0 aliphatic carbocycles. The monoisotopic (exact) mass is 292 g/mol. The van der Waals surface area contributed by atoms with Crippen molar-refractivity contribution in [3.05, 3.63) is 24.3 Å². The molecule has 1 rings (SSSR count). The largest absolute Gasteiger partial charge is 0.494 e. The van der Waals surface area contributed by atoms with Gasteiger partial charge in [0.05, 0.1) is 6.61 Å². The summed E-state index contributed by atoms with van der Waals surface area (Å²) < 4.78 is 5.41. The van der Waals surface area contributed by atoms with E-state index >= 15 is 0 Å². The Bertz CT molecular complexity index is 433. The van der Waals surface area contributed by atoms with E-state index in [-0.39, 0.29) is 24.0 Å². The first kappa shape index (κ1) is 17.3. The number of nitrogens with one attached hydrogen (secondary N) is 1. The number of hydrogen-bond acceptors (Lipinski definition) is 3. The highest BCUT2D eigenvalue weighted by molar-refractivity contribution is 5.84. The molecule has 0 radical (unpaired) electrons. The topological polar surface area (TPSA) is 41.6 Å². The zero-order valence-electron chi connectivity index (χ0n) is 14.0. The van der Waals surface area contributed by atoms with E-state index in [9.17, 15) is 4.79 Å². The molecule has 0 heterocycles. The molecule has 118 valence electrons. The van der Waals surface area contributed by atoms with Crippen LogP contribution in [0, 0.1) is 0 Å². The van der Waals surface area contributed by atoms with Crippen LogP contribution in [0.25, 0.3) is 0 Å². The van der Waals surface area contributed by atoms with Crippen molar-refractivity contribution in [3.8, 4) is 5.75 Å². The van der Waals surface area contributed by atoms with E-state index in [1.54, 1.807) is 0 Å². The molecule has 0 saturated heterocycles. The molecule has 1 aromatic carbocycles. The van der Waals surface area contributed by atoms with Crippen LogP contribution in [0.1, 0.15) is 41.5 Å². The Morgan fingerprint density at radius 3 is 2.05 bits per heavy atom. The predicted molar refractivity (Wildman–Crippen MR) is 87.8 cm³/mol. The van der Waals surface area contributed by atoms with Gasteiger partial charge in [-0.1, -0.05) is 0 Å². The van der Waals surface area contributed by atoms with E-state index < -0.39 is 0 Å². The average Bonchev–Trinajstić information content (AvgIpc) is 2.40. The fourth-order valence-electron chi connectivity index (χ4n) is 2.45. The number of carbonyl (C=O) groups excluding carboxylic acids is 1. The van der Waals surface area contributed by atoms with Crippen LogP contribution in [0.4, 0.5) is 5.69 Å². The van der Waals surface area contributed by atoms with Gasteiger partial charge in [0.1, 0.15) is 11.8 Å². The SMILES string of the molecule is CCOc1ccc(N[C@H](C)C(=O)N(C(C)C)C(C)C)cc1. The van der Waals surface area contributed by atoms with Crippen LogP contribution in [-0.2, 0) is 4.79 Å². The Morgan fingerprint density at radius 1 is 1.10 bits per heavy atom. The van der Waals surface area contributed by atoms with Gasteiger partial charge in [-0.2, -0.15) is 0 Å². The number of carbonyl (C=O) groups is 1. The van der Waals surface area contributed by atoms with Crippen molar-refractivity contribution in [2.75, 3.05) is 11.9 Å². The summed E-state index contributed by atoms with van der Waals surface area (Å²) >= 11 is 0. The summed E-state index contributed by atoms with van der Waals surface area (Å²) in [6.45, 7) is 12.7. The Morgan fingerprint density at radius 2 is 1.62 bits per heavy atom. The molecule has 0 unspecified atom stereocenters. The second-order valence-corrected chi connectivity index (χ2v) is 5.76. The number of benzene rings is 1. The van der Waals surface area contributed by atoms with E-state index in [0.717, 1.165) is 11.4 Å². The van der Waals surface area contributed by atoms with Gasteiger partial charge in [-0.05, 0) is 65.8 Å². The lowest BCUT2D eigenvalue weighted by molar-refractivity contribution is -0.135. The van der Waals surface area contributed by atoms with Crippen LogP contribution in [0.15, 0.2) is 24.3 Å². The summed E-state index contributed by atoms with van der Waals surface area (Å²) in [6, 6.07) is 7.82. The van der Waals surface area contributed by atoms with Crippen molar-refractivity contribution in [1.29, 1.82) is 0 Å². The normalized spacial score (nSPS) is 12.4. The van der Waals surface area contributed by atoms with Crippen molar-refractivity contribution < 1.29 is 9.53 Å². The fraction of sp³-hybridized carbons (Fsp3) is 0.588. The third-order valence-electron chi connectivity index (χ3n) is 3.29. The second kappa shape index (κ2) is 7.91. The van der Waals surface area contributed by atoms with E-state index in [0.29, 0.717) is 6.61 Å². The highest BCUT2D eigenvalue weighted by Gasteiger charge is 2.24. The Balaban J connectivity index is 2.70. The first-order valence-corrected chi connectivity index (χ1v) is 7.68. The molecule has 0 spiro atoms. The van der Waals surface area contributed by atoms with Gasteiger partial charge in [-0.25, -0.2) is 0 Å². The molecule has 4 nitrogen and oxygen atoms in total. The number of ether oxygens (including phenoxy) is 1. The van der Waals surface area contributed by atoms with Gasteiger partial charge in [0.15, 0.2) is 0 Å². The summed E-state index contributed by atoms with van der Waals surface area (Å²) in [5.74, 6) is 0.960. The fourth-order valence-corrected chi connectivity index (χ4v) is 2.45. The van der Waals surface area contributed by atoms with Gasteiger partial charge in [0.25, 0.3) is 0 Å². The van der Waals surface area contributed by atoms with Crippen LogP contribution in [-0.4, -0.2) is 35.5 Å². The quantitative estimate of drug-likeness (QED) is 0.836. The van der Waals surface area contributed by atoms with Crippen LogP contribution >= 0.6 is 0 Å². The van der Waals surface area contributed by atoms with E-state index in [2.05, 4.69) is 5.32 Å². The molecule has 4 heteroatoms. The number of amides is 1. The Kier molecular flexibility index (Phi) is 6.53. The lowest BCUT2D eigenvalue weighted by Gasteiger charge is -2.33. The summed E-state index contributed by atoms with van der Waals surface area (Å²) in [5.41, 5.74) is 0.923. The minimum atomic E-state index is -0.257. The number of hydrogen-bond donors (Lipinski definition) is 1. The molecule has 0 aliphatic rings. The molecule has 21 heavy (non-hydrogen) atoms. The predicted octanol–water partition coefficient (Wildman–Crippen LogP) is 3.53. The molecule has 0 aliphatic heterocycles. The highest BCUT2D eigenvalue weighted by Crippen LogP contribution is 2.17. The van der Waals surface area contributed by atoms with Crippen LogP contribution < -0.4 is 10.1 Å². The van der Waals surface area contributed by atoms with Crippen LogP contribution in [0.2, 0.25) is 0 Å². The van der Waals surface area contributed by atoms with Crippen molar-refractivity contribution in [3.63, 3.8) is 0 Å². The minimum Gasteiger partial charge on any atom is -0.494 e. The number of nitrogens with zero attached hydrogens (tertiary/aromatic N) is 1. The second-order valence-electron chi connectivity index (χ2n) is 5.76. The molecule has 0 aromatic heterocycles. The zero-order valence-corrected chi connectivity index (χ0v) is 14.0. The molecule has 0 bridgehead atoms. The Hall–Kier alpha value is -1.71. The lowest BCUT2D eigenvalue weighted by atomic mass is 10.1. The highest BCUT2D eigenvalue weighted by atomic mass is 16.5. The first-order chi connectivity index (χ1) is 9.86. The molecular weight excluding hydrogens is 264 g/mol. The zero-order chi connectivity index (χ0) is 16.0. The van der Waals surface area contributed by atoms with E-state index in [4.69, 9.17) is 4.74 Å². The summed E-state index contributed by atoms with van der Waals surface area (Å²) in [6.07, 6.45) is 0. The van der Waals surface area contributed by atoms with Gasteiger partial charge in [0, 0.05) is 17.8 Å². The summed E-state index contributed by atoms with van der Waals surface area (Å²) in [4.78, 5) is 14.4. The smallest absolute Gasteiger partial charge is 0.245 e. The molecule has 1 atom stereocenters. The first-order valence-electron chi connectivity index (χ1n) is 7.68. The van der Waals surface area contributed by atoms with Gasteiger partial charge < -0.3 is 15.0 Å². The van der Waals surface area contributed by atoms with Crippen molar-refractivity contribution >= 4 is 11.6 Å². The number of anilines is 1. The van der Waals surface area contributed by atoms with Gasteiger partial charge in [-0.15, -0.1) is 0 Å². The molecule has 0 saturated carbocycles. The van der Waals surface area contributed by atoms with Crippen molar-refractivity contribution in [2.45, 2.75) is 59.7 Å². The van der Waals surface area contributed by atoms with Crippen molar-refractivity contribution in [1.82, 2.24) is 4.90 Å². The summed E-state index contributed by atoms with van der Waals surface area (Å²) in [7, 11) is 0. The van der Waals surface area contributed by atoms with Crippen LogP contribution in [0.3, 0.4) is 0 Å². The standard InChI is InChI=1S/C17H28N2O2/c1-7-21-16-10-8-15(9-11-16)18-14(6)17(20)19(12(2)3)13(4)5/h8-14,18H,7H2,1-6H3/t14-/m1/s1. The lowest BCUT2D eigenvalue weighted by Crippen LogP contribution is -2.48. The molecular formula is C17H28N2O2. The van der Waals surface area contributed by atoms with E-state index in [1.807, 2.05) is 70.7 Å². The third kappa shape index (κ3) is 4.96. The Labute approximate surface area is 128 Å². The third-order valence-corrected chi connectivity index (χ3v) is 3.29. The van der Waals surface area contributed by atoms with E-state index in [1.165, 1.54) is 0 Å². The van der Waals surface area contributed by atoms with Crippen LogP contribution in [0.5, 0.6) is 5.75 Å². The average molecular weight is 292 g/mol. The van der Waals surface area contributed by atoms with Gasteiger partial charge in [0.2, 0.25) is 5.91 Å².